The van der Waals surface area contributed by atoms with E-state index >= 15 is 0 Å². The molecule has 2 aliphatic carbocycles. The SMILES string of the molecule is CC1CC2CN(C3CCC4(CC3)CNC4)CC2C1. The molecule has 4 fully saturated rings. The largest absolute Gasteiger partial charge is 0.316 e. The summed E-state index contributed by atoms with van der Waals surface area (Å²) in [5, 5.41) is 3.48. The Morgan fingerprint density at radius 3 is 2.11 bits per heavy atom. The molecule has 2 unspecified atom stereocenters. The Balaban J connectivity index is 1.33. The number of hydrogen-bond acceptors (Lipinski definition) is 2. The molecule has 0 radical (unpaired) electrons. The van der Waals surface area contributed by atoms with Crippen LogP contribution in [0.2, 0.25) is 0 Å². The summed E-state index contributed by atoms with van der Waals surface area (Å²) in [6.45, 7) is 7.94. The number of nitrogens with zero attached hydrogens (tertiary/aromatic N) is 1. The molecule has 2 nitrogen and oxygen atoms in total. The maximum atomic E-state index is 3.48. The molecule has 1 N–H and O–H groups in total. The van der Waals surface area contributed by atoms with Crippen LogP contribution in [0.4, 0.5) is 0 Å². The van der Waals surface area contributed by atoms with Gasteiger partial charge in [0.2, 0.25) is 0 Å². The highest BCUT2D eigenvalue weighted by molar-refractivity contribution is 5.00. The van der Waals surface area contributed by atoms with Gasteiger partial charge in [-0.25, -0.2) is 0 Å². The van der Waals surface area contributed by atoms with Gasteiger partial charge < -0.3 is 5.32 Å². The lowest BCUT2D eigenvalue weighted by molar-refractivity contribution is 0.0553. The van der Waals surface area contributed by atoms with Crippen molar-refractivity contribution >= 4 is 0 Å². The molecule has 4 aliphatic rings. The molecule has 0 aromatic carbocycles. The zero-order valence-corrected chi connectivity index (χ0v) is 11.8. The summed E-state index contributed by atoms with van der Waals surface area (Å²) in [6, 6.07) is 0.942. The number of rotatable bonds is 1. The van der Waals surface area contributed by atoms with Crippen LogP contribution in [0, 0.1) is 23.2 Å². The third-order valence-electron chi connectivity index (χ3n) is 6.55. The molecule has 102 valence electrons. The summed E-state index contributed by atoms with van der Waals surface area (Å²) < 4.78 is 0. The van der Waals surface area contributed by atoms with Crippen molar-refractivity contribution in [2.75, 3.05) is 26.2 Å². The minimum Gasteiger partial charge on any atom is -0.316 e. The Morgan fingerprint density at radius 1 is 1.00 bits per heavy atom. The third kappa shape index (κ3) is 1.84. The van der Waals surface area contributed by atoms with Crippen LogP contribution in [0.15, 0.2) is 0 Å². The molecule has 0 aromatic heterocycles. The van der Waals surface area contributed by atoms with Gasteiger partial charge in [0, 0.05) is 32.2 Å². The molecule has 2 heterocycles. The highest BCUT2D eigenvalue weighted by atomic mass is 15.2. The Labute approximate surface area is 111 Å². The van der Waals surface area contributed by atoms with Gasteiger partial charge in [-0.2, -0.15) is 0 Å². The summed E-state index contributed by atoms with van der Waals surface area (Å²) >= 11 is 0. The predicted octanol–water partition coefficient (Wildman–Crippen LogP) is 2.50. The van der Waals surface area contributed by atoms with Crippen LogP contribution in [0.3, 0.4) is 0 Å². The smallest absolute Gasteiger partial charge is 0.00959 e. The van der Waals surface area contributed by atoms with E-state index in [1.165, 1.54) is 64.7 Å². The van der Waals surface area contributed by atoms with Crippen LogP contribution in [-0.2, 0) is 0 Å². The van der Waals surface area contributed by atoms with Crippen molar-refractivity contribution in [2.45, 2.75) is 51.5 Å². The van der Waals surface area contributed by atoms with Gasteiger partial charge in [0.1, 0.15) is 0 Å². The van der Waals surface area contributed by atoms with E-state index in [4.69, 9.17) is 0 Å². The van der Waals surface area contributed by atoms with Crippen molar-refractivity contribution in [1.29, 1.82) is 0 Å². The highest BCUT2D eigenvalue weighted by Gasteiger charge is 2.45. The fourth-order valence-electron chi connectivity index (χ4n) is 5.35. The molecule has 2 heteroatoms. The maximum Gasteiger partial charge on any atom is 0.00959 e. The molecule has 2 saturated heterocycles. The first-order chi connectivity index (χ1) is 8.74. The molecule has 2 aliphatic heterocycles. The van der Waals surface area contributed by atoms with E-state index in [9.17, 15) is 0 Å². The Bertz CT molecular complexity index is 299. The van der Waals surface area contributed by atoms with Crippen molar-refractivity contribution < 1.29 is 0 Å². The fraction of sp³-hybridized carbons (Fsp3) is 1.00. The van der Waals surface area contributed by atoms with Gasteiger partial charge in [-0.15, -0.1) is 0 Å². The first kappa shape index (κ1) is 11.7. The maximum absolute atomic E-state index is 3.48. The number of hydrogen-bond donors (Lipinski definition) is 1. The summed E-state index contributed by atoms with van der Waals surface area (Å²) in [5.74, 6) is 3.13. The van der Waals surface area contributed by atoms with Gasteiger partial charge in [-0.3, -0.25) is 4.90 Å². The van der Waals surface area contributed by atoms with Crippen molar-refractivity contribution in [3.05, 3.63) is 0 Å². The van der Waals surface area contributed by atoms with E-state index in [2.05, 4.69) is 17.1 Å². The van der Waals surface area contributed by atoms with E-state index in [1.54, 1.807) is 0 Å². The molecule has 1 spiro atoms. The molecule has 18 heavy (non-hydrogen) atoms. The first-order valence-electron chi connectivity index (χ1n) is 8.19. The molecular formula is C16H28N2. The molecule has 2 atom stereocenters. The van der Waals surface area contributed by atoms with Crippen molar-refractivity contribution in [1.82, 2.24) is 10.2 Å². The van der Waals surface area contributed by atoms with Crippen LogP contribution >= 0.6 is 0 Å². The number of nitrogens with one attached hydrogen (secondary N) is 1. The van der Waals surface area contributed by atoms with Gasteiger partial charge in [0.05, 0.1) is 0 Å². The van der Waals surface area contributed by atoms with Crippen LogP contribution in [0.25, 0.3) is 0 Å². The van der Waals surface area contributed by atoms with E-state index in [-0.39, 0.29) is 0 Å². The van der Waals surface area contributed by atoms with E-state index in [0.29, 0.717) is 0 Å². The Morgan fingerprint density at radius 2 is 1.61 bits per heavy atom. The van der Waals surface area contributed by atoms with Gasteiger partial charge in [-0.05, 0) is 61.7 Å². The zero-order chi connectivity index (χ0) is 12.2. The second-order valence-electron chi connectivity index (χ2n) is 7.89. The van der Waals surface area contributed by atoms with Crippen molar-refractivity contribution in [3.8, 4) is 0 Å². The van der Waals surface area contributed by atoms with Crippen LogP contribution in [0.5, 0.6) is 0 Å². The molecule has 0 aromatic rings. The van der Waals surface area contributed by atoms with Crippen LogP contribution in [-0.4, -0.2) is 37.1 Å². The van der Waals surface area contributed by atoms with Crippen LogP contribution in [0.1, 0.15) is 45.4 Å². The highest BCUT2D eigenvalue weighted by Crippen LogP contribution is 2.45. The number of fused-ring (bicyclic) bond motifs is 1. The average molecular weight is 248 g/mol. The lowest BCUT2D eigenvalue weighted by Gasteiger charge is -2.49. The zero-order valence-electron chi connectivity index (χ0n) is 11.8. The van der Waals surface area contributed by atoms with E-state index in [1.807, 2.05) is 0 Å². The van der Waals surface area contributed by atoms with E-state index < -0.39 is 0 Å². The summed E-state index contributed by atoms with van der Waals surface area (Å²) in [5.41, 5.74) is 0.737. The first-order valence-corrected chi connectivity index (χ1v) is 8.19. The topological polar surface area (TPSA) is 15.3 Å². The Kier molecular flexibility index (Phi) is 2.74. The van der Waals surface area contributed by atoms with Gasteiger partial charge in [0.25, 0.3) is 0 Å². The van der Waals surface area contributed by atoms with Crippen molar-refractivity contribution in [3.63, 3.8) is 0 Å². The van der Waals surface area contributed by atoms with Gasteiger partial charge in [-0.1, -0.05) is 6.92 Å². The minimum atomic E-state index is 0.737. The molecule has 2 saturated carbocycles. The normalized spacial score (nSPS) is 44.2. The summed E-state index contributed by atoms with van der Waals surface area (Å²) in [4.78, 5) is 2.88. The summed E-state index contributed by atoms with van der Waals surface area (Å²) in [7, 11) is 0. The second kappa shape index (κ2) is 4.21. The predicted molar refractivity (Wildman–Crippen MR) is 74.5 cm³/mol. The summed E-state index contributed by atoms with van der Waals surface area (Å²) in [6.07, 6.45) is 8.98. The average Bonchev–Trinajstić information content (AvgIpc) is 2.84. The molecular weight excluding hydrogens is 220 g/mol. The third-order valence-corrected chi connectivity index (χ3v) is 6.55. The fourth-order valence-corrected chi connectivity index (χ4v) is 5.35. The lowest BCUT2D eigenvalue weighted by Crippen LogP contribution is -2.56. The minimum absolute atomic E-state index is 0.737. The quantitative estimate of drug-likeness (QED) is 0.767. The number of likely N-dealkylation sites (tertiary alicyclic amines) is 1. The van der Waals surface area contributed by atoms with E-state index in [0.717, 1.165) is 29.2 Å². The lowest BCUT2D eigenvalue weighted by atomic mass is 9.68. The molecule has 0 amide bonds. The standard InChI is InChI=1S/C16H28N2/c1-12-6-13-8-18(9-14(13)7-12)15-2-4-16(5-3-15)10-17-11-16/h12-15,17H,2-11H2,1H3. The van der Waals surface area contributed by atoms with Crippen LogP contribution < -0.4 is 5.32 Å². The van der Waals surface area contributed by atoms with Gasteiger partial charge >= 0.3 is 0 Å². The molecule has 0 bridgehead atoms. The molecule has 4 rings (SSSR count). The van der Waals surface area contributed by atoms with Crippen molar-refractivity contribution in [2.24, 2.45) is 23.2 Å². The Hall–Kier alpha value is -0.0800. The monoisotopic (exact) mass is 248 g/mol. The second-order valence-corrected chi connectivity index (χ2v) is 7.89. The van der Waals surface area contributed by atoms with Gasteiger partial charge in [0.15, 0.2) is 0 Å².